The van der Waals surface area contributed by atoms with Crippen molar-refractivity contribution in [3.63, 3.8) is 0 Å². The molecule has 2 N–H and O–H groups in total. The number of nitrogens with zero attached hydrogens (tertiary/aromatic N) is 1. The molecule has 0 saturated heterocycles. The SMILES string of the molecule is CCCn1cc(Cl)cc1C(=O)Nc1cc(C)c(C(=O)O)s1. The maximum atomic E-state index is 12.3. The number of nitrogens with one attached hydrogen (secondary N) is 1. The van der Waals surface area contributed by atoms with Gasteiger partial charge >= 0.3 is 5.97 Å². The van der Waals surface area contributed by atoms with Gasteiger partial charge in [-0.2, -0.15) is 0 Å². The smallest absolute Gasteiger partial charge is 0.346 e. The van der Waals surface area contributed by atoms with Crippen molar-refractivity contribution in [3.05, 3.63) is 39.5 Å². The van der Waals surface area contributed by atoms with Crippen LogP contribution >= 0.6 is 22.9 Å². The summed E-state index contributed by atoms with van der Waals surface area (Å²) in [4.78, 5) is 23.5. The van der Waals surface area contributed by atoms with E-state index < -0.39 is 5.97 Å². The third kappa shape index (κ3) is 3.46. The van der Waals surface area contributed by atoms with Gasteiger partial charge in [-0.25, -0.2) is 4.79 Å². The Labute approximate surface area is 131 Å². The van der Waals surface area contributed by atoms with Gasteiger partial charge in [0.1, 0.15) is 10.6 Å². The quantitative estimate of drug-likeness (QED) is 0.876. The minimum atomic E-state index is -0.990. The van der Waals surface area contributed by atoms with Crippen molar-refractivity contribution in [3.8, 4) is 0 Å². The molecule has 0 aliphatic heterocycles. The van der Waals surface area contributed by atoms with Crippen LogP contribution in [0.2, 0.25) is 5.02 Å². The molecule has 0 spiro atoms. The molecule has 5 nitrogen and oxygen atoms in total. The van der Waals surface area contributed by atoms with Crippen molar-refractivity contribution < 1.29 is 14.7 Å². The van der Waals surface area contributed by atoms with Crippen molar-refractivity contribution in [1.82, 2.24) is 4.57 Å². The van der Waals surface area contributed by atoms with Crippen LogP contribution in [0.1, 0.15) is 39.1 Å². The molecule has 2 aromatic rings. The van der Waals surface area contributed by atoms with E-state index in [-0.39, 0.29) is 10.8 Å². The van der Waals surface area contributed by atoms with Crippen LogP contribution < -0.4 is 5.32 Å². The zero-order chi connectivity index (χ0) is 15.6. The number of halogens is 1. The zero-order valence-corrected chi connectivity index (χ0v) is 13.2. The number of anilines is 1. The highest BCUT2D eigenvalue weighted by molar-refractivity contribution is 7.18. The molecule has 0 aromatic carbocycles. The predicted molar refractivity (Wildman–Crippen MR) is 83.7 cm³/mol. The number of carboxylic acid groups (broad SMARTS) is 1. The number of hydrogen-bond donors (Lipinski definition) is 2. The van der Waals surface area contributed by atoms with E-state index in [1.807, 2.05) is 6.92 Å². The summed E-state index contributed by atoms with van der Waals surface area (Å²) in [5.41, 5.74) is 1.09. The van der Waals surface area contributed by atoms with Gasteiger partial charge in [0.05, 0.1) is 10.0 Å². The minimum absolute atomic E-state index is 0.229. The Kier molecular flexibility index (Phi) is 4.69. The van der Waals surface area contributed by atoms with E-state index in [0.717, 1.165) is 17.8 Å². The Morgan fingerprint density at radius 1 is 1.43 bits per heavy atom. The molecular formula is C14H15ClN2O3S. The molecule has 0 aliphatic rings. The van der Waals surface area contributed by atoms with E-state index >= 15 is 0 Å². The average molecular weight is 327 g/mol. The molecule has 0 fully saturated rings. The molecule has 0 saturated carbocycles. The fourth-order valence-electron chi connectivity index (χ4n) is 2.02. The van der Waals surface area contributed by atoms with Gasteiger partial charge in [0.2, 0.25) is 0 Å². The summed E-state index contributed by atoms with van der Waals surface area (Å²) in [6.45, 7) is 4.41. The van der Waals surface area contributed by atoms with E-state index in [1.54, 1.807) is 29.8 Å². The molecule has 112 valence electrons. The molecule has 0 aliphatic carbocycles. The number of carboxylic acids is 1. The molecule has 0 bridgehead atoms. The monoisotopic (exact) mass is 326 g/mol. The molecule has 7 heteroatoms. The van der Waals surface area contributed by atoms with Crippen LogP contribution in [0, 0.1) is 6.92 Å². The molecule has 2 heterocycles. The normalized spacial score (nSPS) is 10.6. The fraction of sp³-hybridized carbons (Fsp3) is 0.286. The van der Waals surface area contributed by atoms with Crippen LogP contribution in [0.5, 0.6) is 0 Å². The standard InChI is InChI=1S/C14H15ClN2O3S/c1-3-4-17-7-9(15)6-10(17)13(18)16-11-5-8(2)12(21-11)14(19)20/h5-7H,3-4H2,1-2H3,(H,16,18)(H,19,20). The zero-order valence-electron chi connectivity index (χ0n) is 11.6. The maximum Gasteiger partial charge on any atom is 0.346 e. The van der Waals surface area contributed by atoms with Gasteiger partial charge < -0.3 is 15.0 Å². The first-order valence-electron chi connectivity index (χ1n) is 6.43. The number of hydrogen-bond acceptors (Lipinski definition) is 3. The first-order valence-corrected chi connectivity index (χ1v) is 7.62. The van der Waals surface area contributed by atoms with Gasteiger partial charge in [0.25, 0.3) is 5.91 Å². The van der Waals surface area contributed by atoms with Crippen LogP contribution in [0.15, 0.2) is 18.3 Å². The third-order valence-electron chi connectivity index (χ3n) is 2.91. The topological polar surface area (TPSA) is 71.3 Å². The van der Waals surface area contributed by atoms with Gasteiger partial charge in [-0.05, 0) is 31.0 Å². The minimum Gasteiger partial charge on any atom is -0.477 e. The third-order valence-corrected chi connectivity index (χ3v) is 4.26. The lowest BCUT2D eigenvalue weighted by atomic mass is 10.3. The van der Waals surface area contributed by atoms with Gasteiger partial charge in [0.15, 0.2) is 0 Å². The molecule has 2 rings (SSSR count). The van der Waals surface area contributed by atoms with Crippen molar-refractivity contribution in [2.24, 2.45) is 0 Å². The summed E-state index contributed by atoms with van der Waals surface area (Å²) in [5.74, 6) is -1.29. The molecular weight excluding hydrogens is 312 g/mol. The number of aromatic carboxylic acids is 1. The first kappa shape index (κ1) is 15.6. The number of thiophene rings is 1. The van der Waals surface area contributed by atoms with E-state index in [9.17, 15) is 9.59 Å². The van der Waals surface area contributed by atoms with Crippen molar-refractivity contribution in [2.75, 3.05) is 5.32 Å². The Morgan fingerprint density at radius 3 is 2.71 bits per heavy atom. The van der Waals surface area contributed by atoms with E-state index in [1.165, 1.54) is 0 Å². The molecule has 0 atom stereocenters. The summed E-state index contributed by atoms with van der Waals surface area (Å²) < 4.78 is 1.79. The second kappa shape index (κ2) is 6.32. The van der Waals surface area contributed by atoms with Crippen molar-refractivity contribution in [1.29, 1.82) is 0 Å². The fourth-order valence-corrected chi connectivity index (χ4v) is 3.15. The number of carbonyl (C=O) groups is 2. The Balaban J connectivity index is 2.22. The van der Waals surface area contributed by atoms with Gasteiger partial charge in [-0.1, -0.05) is 18.5 Å². The first-order chi connectivity index (χ1) is 9.92. The number of amides is 1. The van der Waals surface area contributed by atoms with Crippen molar-refractivity contribution >= 4 is 39.8 Å². The van der Waals surface area contributed by atoms with Gasteiger partial charge in [-0.3, -0.25) is 4.79 Å². The predicted octanol–water partition coefficient (Wildman–Crippen LogP) is 3.87. The average Bonchev–Trinajstić information content (AvgIpc) is 2.93. The lowest BCUT2D eigenvalue weighted by molar-refractivity contribution is 0.0701. The molecule has 21 heavy (non-hydrogen) atoms. The summed E-state index contributed by atoms with van der Waals surface area (Å²) in [7, 11) is 0. The largest absolute Gasteiger partial charge is 0.477 e. The van der Waals surface area contributed by atoms with Crippen molar-refractivity contribution in [2.45, 2.75) is 26.8 Å². The molecule has 0 radical (unpaired) electrons. The van der Waals surface area contributed by atoms with E-state index in [4.69, 9.17) is 16.7 Å². The number of rotatable bonds is 5. The lowest BCUT2D eigenvalue weighted by Gasteiger charge is -2.07. The number of aryl methyl sites for hydroxylation is 2. The summed E-state index contributed by atoms with van der Waals surface area (Å²) in [5, 5.41) is 12.8. The lowest BCUT2D eigenvalue weighted by Crippen LogP contribution is -2.16. The van der Waals surface area contributed by atoms with Crippen LogP contribution in [0.3, 0.4) is 0 Å². The van der Waals surface area contributed by atoms with Crippen LogP contribution in [0.4, 0.5) is 5.00 Å². The summed E-state index contributed by atoms with van der Waals surface area (Å²) >= 11 is 6.99. The maximum absolute atomic E-state index is 12.3. The van der Waals surface area contributed by atoms with Crippen LogP contribution in [-0.2, 0) is 6.54 Å². The molecule has 0 unspecified atom stereocenters. The van der Waals surface area contributed by atoms with Gasteiger partial charge in [-0.15, -0.1) is 11.3 Å². The Morgan fingerprint density at radius 2 is 2.14 bits per heavy atom. The highest BCUT2D eigenvalue weighted by Gasteiger charge is 2.17. The number of aromatic nitrogens is 1. The van der Waals surface area contributed by atoms with E-state index in [2.05, 4.69) is 5.32 Å². The second-order valence-electron chi connectivity index (χ2n) is 4.62. The summed E-state index contributed by atoms with van der Waals surface area (Å²) in [6.07, 6.45) is 2.59. The van der Waals surface area contributed by atoms with Crippen LogP contribution in [0.25, 0.3) is 0 Å². The Hall–Kier alpha value is -1.79. The second-order valence-corrected chi connectivity index (χ2v) is 6.11. The van der Waals surface area contributed by atoms with E-state index in [0.29, 0.717) is 27.8 Å². The highest BCUT2D eigenvalue weighted by atomic mass is 35.5. The molecule has 1 amide bonds. The number of carbonyl (C=O) groups excluding carboxylic acids is 1. The van der Waals surface area contributed by atoms with Crippen LogP contribution in [-0.4, -0.2) is 21.6 Å². The Bertz CT molecular complexity index is 690. The molecule has 2 aromatic heterocycles. The highest BCUT2D eigenvalue weighted by Crippen LogP contribution is 2.27. The summed E-state index contributed by atoms with van der Waals surface area (Å²) in [6, 6.07) is 3.26. The van der Waals surface area contributed by atoms with Gasteiger partial charge in [0, 0.05) is 12.7 Å².